The van der Waals surface area contributed by atoms with Gasteiger partial charge in [0.25, 0.3) is 0 Å². The molecule has 0 fully saturated rings. The molecule has 2 N–H and O–H groups in total. The maximum atomic E-state index is 12.9. The van der Waals surface area contributed by atoms with Crippen LogP contribution < -0.4 is 15.2 Å². The third-order valence-corrected chi connectivity index (χ3v) is 2.90. The Bertz CT molecular complexity index is 647. The number of nitrogens with two attached hydrogens (primary N) is 1. The highest BCUT2D eigenvalue weighted by Gasteiger charge is 2.43. The minimum absolute atomic E-state index is 0.0683. The summed E-state index contributed by atoms with van der Waals surface area (Å²) in [5.74, 6) is 0.190. The average molecular weight is 285 g/mol. The van der Waals surface area contributed by atoms with Crippen molar-refractivity contribution in [3.05, 3.63) is 35.5 Å². The Labute approximate surface area is 111 Å². The second-order valence-electron chi connectivity index (χ2n) is 3.92. The first kappa shape index (κ1) is 12.0. The van der Waals surface area contributed by atoms with Gasteiger partial charge in [0.1, 0.15) is 5.82 Å². The zero-order chi connectivity index (χ0) is 13.6. The summed E-state index contributed by atoms with van der Waals surface area (Å²) in [5, 5.41) is 0.256. The fraction of sp³-hybridized carbons (Fsp3) is 0.0833. The van der Waals surface area contributed by atoms with Crippen LogP contribution in [0.15, 0.2) is 30.5 Å². The van der Waals surface area contributed by atoms with Gasteiger partial charge in [-0.05, 0) is 18.2 Å². The Hall–Kier alpha value is -2.08. The molecule has 19 heavy (non-hydrogen) atoms. The van der Waals surface area contributed by atoms with Crippen LogP contribution in [0, 0.1) is 0 Å². The first-order chi connectivity index (χ1) is 8.94. The largest absolute Gasteiger partial charge is 0.586 e. The van der Waals surface area contributed by atoms with Crippen LogP contribution in [0.25, 0.3) is 11.1 Å². The first-order valence-electron chi connectivity index (χ1n) is 5.26. The molecular weight excluding hydrogens is 278 g/mol. The number of pyridine rings is 1. The van der Waals surface area contributed by atoms with E-state index in [0.717, 1.165) is 0 Å². The first-order valence-corrected chi connectivity index (χ1v) is 5.64. The second-order valence-corrected chi connectivity index (χ2v) is 4.33. The lowest BCUT2D eigenvalue weighted by molar-refractivity contribution is -0.286. The quantitative estimate of drug-likeness (QED) is 0.873. The number of ether oxygens (including phenoxy) is 2. The molecule has 0 atom stereocenters. The average Bonchev–Trinajstić information content (AvgIpc) is 2.62. The fourth-order valence-corrected chi connectivity index (χ4v) is 2.02. The second kappa shape index (κ2) is 3.96. The van der Waals surface area contributed by atoms with E-state index in [9.17, 15) is 8.78 Å². The van der Waals surface area contributed by atoms with E-state index < -0.39 is 6.29 Å². The van der Waals surface area contributed by atoms with Crippen LogP contribution in [0.3, 0.4) is 0 Å². The molecule has 0 radical (unpaired) electrons. The molecule has 2 aromatic rings. The fourth-order valence-electron chi connectivity index (χ4n) is 1.76. The summed E-state index contributed by atoms with van der Waals surface area (Å²) in [6.45, 7) is 0. The number of alkyl halides is 2. The summed E-state index contributed by atoms with van der Waals surface area (Å²) < 4.78 is 34.6. The molecule has 1 aliphatic rings. The number of anilines is 1. The van der Waals surface area contributed by atoms with E-state index in [1.807, 2.05) is 0 Å². The SMILES string of the molecule is Nc1ccc(-c2cc3c(cc2Cl)OC(F)(F)O3)cn1. The summed E-state index contributed by atoms with van der Waals surface area (Å²) in [6.07, 6.45) is -2.17. The topological polar surface area (TPSA) is 57.4 Å². The van der Waals surface area contributed by atoms with Crippen molar-refractivity contribution in [1.29, 1.82) is 0 Å². The summed E-state index contributed by atoms with van der Waals surface area (Å²) in [6, 6.07) is 5.93. The molecule has 1 aliphatic heterocycles. The van der Waals surface area contributed by atoms with Crippen molar-refractivity contribution >= 4 is 17.4 Å². The molecule has 0 spiro atoms. The Morgan fingerprint density at radius 1 is 1.16 bits per heavy atom. The lowest BCUT2D eigenvalue weighted by Gasteiger charge is -2.05. The zero-order valence-electron chi connectivity index (χ0n) is 9.36. The van der Waals surface area contributed by atoms with Gasteiger partial charge >= 0.3 is 6.29 Å². The summed E-state index contributed by atoms with van der Waals surface area (Å²) in [7, 11) is 0. The number of benzene rings is 1. The van der Waals surface area contributed by atoms with E-state index in [1.54, 1.807) is 12.1 Å². The van der Waals surface area contributed by atoms with Gasteiger partial charge < -0.3 is 15.2 Å². The third-order valence-electron chi connectivity index (χ3n) is 2.59. The number of aromatic nitrogens is 1. The summed E-state index contributed by atoms with van der Waals surface area (Å²) in [5.41, 5.74) is 6.63. The predicted molar refractivity (Wildman–Crippen MR) is 65.3 cm³/mol. The van der Waals surface area contributed by atoms with E-state index in [0.29, 0.717) is 16.9 Å². The standard InChI is InChI=1S/C12H7ClF2N2O2/c13-8-4-10-9(18-12(14,15)19-10)3-7(8)6-1-2-11(16)17-5-6/h1-5H,(H2,16,17). The predicted octanol–water partition coefficient (Wildman–Crippen LogP) is 3.31. The molecule has 0 saturated heterocycles. The van der Waals surface area contributed by atoms with Crippen molar-refractivity contribution < 1.29 is 18.3 Å². The zero-order valence-corrected chi connectivity index (χ0v) is 10.1. The Morgan fingerprint density at radius 2 is 1.84 bits per heavy atom. The number of rotatable bonds is 1. The van der Waals surface area contributed by atoms with Crippen molar-refractivity contribution in [2.24, 2.45) is 0 Å². The molecule has 4 nitrogen and oxygen atoms in total. The maximum Gasteiger partial charge on any atom is 0.586 e. The van der Waals surface area contributed by atoms with Gasteiger partial charge in [-0.25, -0.2) is 4.98 Å². The van der Waals surface area contributed by atoms with Gasteiger partial charge in [0.15, 0.2) is 11.5 Å². The highest BCUT2D eigenvalue weighted by atomic mass is 35.5. The smallest absolute Gasteiger partial charge is 0.395 e. The van der Waals surface area contributed by atoms with Crippen molar-refractivity contribution in [2.45, 2.75) is 6.29 Å². The molecule has 2 heterocycles. The minimum atomic E-state index is -3.66. The molecule has 0 unspecified atom stereocenters. The normalized spacial score (nSPS) is 15.5. The number of nitrogen functional groups attached to an aromatic ring is 1. The molecule has 7 heteroatoms. The van der Waals surface area contributed by atoms with E-state index in [-0.39, 0.29) is 16.5 Å². The molecule has 0 amide bonds. The van der Waals surface area contributed by atoms with E-state index in [1.165, 1.54) is 18.3 Å². The highest BCUT2D eigenvalue weighted by Crippen LogP contribution is 2.45. The lowest BCUT2D eigenvalue weighted by atomic mass is 10.1. The van der Waals surface area contributed by atoms with Gasteiger partial charge in [0, 0.05) is 23.4 Å². The van der Waals surface area contributed by atoms with Crippen LogP contribution in [0.5, 0.6) is 11.5 Å². The highest BCUT2D eigenvalue weighted by molar-refractivity contribution is 6.33. The van der Waals surface area contributed by atoms with Crippen LogP contribution in [0.1, 0.15) is 0 Å². The van der Waals surface area contributed by atoms with Crippen LogP contribution in [0.2, 0.25) is 5.02 Å². The van der Waals surface area contributed by atoms with Gasteiger partial charge in [-0.3, -0.25) is 0 Å². The monoisotopic (exact) mass is 284 g/mol. The van der Waals surface area contributed by atoms with Gasteiger partial charge in [-0.1, -0.05) is 11.6 Å². The number of hydrogen-bond acceptors (Lipinski definition) is 4. The van der Waals surface area contributed by atoms with Gasteiger partial charge in [0.2, 0.25) is 0 Å². The van der Waals surface area contributed by atoms with Crippen LogP contribution >= 0.6 is 11.6 Å². The van der Waals surface area contributed by atoms with Crippen LogP contribution in [-0.2, 0) is 0 Å². The maximum absolute atomic E-state index is 12.9. The number of nitrogens with zero attached hydrogens (tertiary/aromatic N) is 1. The van der Waals surface area contributed by atoms with Crippen LogP contribution in [-0.4, -0.2) is 11.3 Å². The molecule has 0 bridgehead atoms. The Balaban J connectivity index is 2.07. The summed E-state index contributed by atoms with van der Waals surface area (Å²) >= 11 is 6.04. The van der Waals surface area contributed by atoms with E-state index in [2.05, 4.69) is 14.5 Å². The number of fused-ring (bicyclic) bond motifs is 1. The van der Waals surface area contributed by atoms with Gasteiger partial charge in [-0.15, -0.1) is 8.78 Å². The van der Waals surface area contributed by atoms with Gasteiger partial charge in [0.05, 0.1) is 5.02 Å². The molecular formula is C12H7ClF2N2O2. The lowest BCUT2D eigenvalue weighted by Crippen LogP contribution is -2.25. The Morgan fingerprint density at radius 3 is 2.47 bits per heavy atom. The molecule has 1 aromatic carbocycles. The minimum Gasteiger partial charge on any atom is -0.395 e. The summed E-state index contributed by atoms with van der Waals surface area (Å²) in [4.78, 5) is 3.92. The van der Waals surface area contributed by atoms with E-state index in [4.69, 9.17) is 17.3 Å². The molecule has 0 aliphatic carbocycles. The Kier molecular flexibility index (Phi) is 2.50. The van der Waals surface area contributed by atoms with Crippen LogP contribution in [0.4, 0.5) is 14.6 Å². The van der Waals surface area contributed by atoms with Crippen molar-refractivity contribution in [1.82, 2.24) is 4.98 Å². The number of hydrogen-bond donors (Lipinski definition) is 1. The molecule has 0 saturated carbocycles. The number of halogens is 3. The van der Waals surface area contributed by atoms with Crippen molar-refractivity contribution in [3.63, 3.8) is 0 Å². The van der Waals surface area contributed by atoms with Crippen molar-refractivity contribution in [3.8, 4) is 22.6 Å². The molecule has 1 aromatic heterocycles. The van der Waals surface area contributed by atoms with Crippen molar-refractivity contribution in [2.75, 3.05) is 5.73 Å². The third kappa shape index (κ3) is 2.15. The van der Waals surface area contributed by atoms with Gasteiger partial charge in [-0.2, -0.15) is 0 Å². The molecule has 3 rings (SSSR count). The van der Waals surface area contributed by atoms with E-state index >= 15 is 0 Å². The molecule has 98 valence electrons.